The van der Waals surface area contributed by atoms with E-state index in [9.17, 15) is 0 Å². The van der Waals surface area contributed by atoms with Gasteiger partial charge in [0.1, 0.15) is 6.07 Å². The first-order valence-electron chi connectivity index (χ1n) is 4.21. The van der Waals surface area contributed by atoms with Crippen molar-refractivity contribution in [2.45, 2.75) is 6.92 Å². The fourth-order valence-electron chi connectivity index (χ4n) is 1.53. The molecule has 13 heavy (non-hydrogen) atoms. The molecule has 2 aromatic carbocycles. The summed E-state index contributed by atoms with van der Waals surface area (Å²) in [4.78, 5) is 0. The molecule has 0 saturated heterocycles. The molecule has 2 aromatic rings. The number of nitrogens with zero attached hydrogens (tertiary/aromatic N) is 1. The highest BCUT2D eigenvalue weighted by Gasteiger charge is 2.01. The lowest BCUT2D eigenvalue weighted by Crippen LogP contribution is -1.83. The Morgan fingerprint density at radius 3 is 2.62 bits per heavy atom. The van der Waals surface area contributed by atoms with E-state index in [1.54, 1.807) is 0 Å². The predicted molar refractivity (Wildman–Crippen MR) is 53.4 cm³/mol. The normalized spacial score (nSPS) is 9.85. The number of hydrogen-bond acceptors (Lipinski definition) is 1. The van der Waals surface area contributed by atoms with Gasteiger partial charge in [-0.3, -0.25) is 0 Å². The van der Waals surface area contributed by atoms with Crippen LogP contribution in [0.1, 0.15) is 11.1 Å². The highest BCUT2D eigenvalue weighted by atomic mass is 14.2. The Kier molecular flexibility index (Phi) is 1.75. The van der Waals surface area contributed by atoms with Crippen LogP contribution in [0.3, 0.4) is 0 Å². The average Bonchev–Trinajstić information content (AvgIpc) is 2.18. The SMILES string of the molecule is Cc1ccc2ccccc2c1C#N. The van der Waals surface area contributed by atoms with E-state index in [4.69, 9.17) is 5.26 Å². The Morgan fingerprint density at radius 2 is 1.85 bits per heavy atom. The molecule has 0 amide bonds. The van der Waals surface area contributed by atoms with Gasteiger partial charge in [-0.15, -0.1) is 0 Å². The lowest BCUT2D eigenvalue weighted by atomic mass is 10.0. The number of rotatable bonds is 0. The van der Waals surface area contributed by atoms with Gasteiger partial charge in [0.25, 0.3) is 0 Å². The van der Waals surface area contributed by atoms with Gasteiger partial charge in [0.15, 0.2) is 0 Å². The zero-order valence-electron chi connectivity index (χ0n) is 7.41. The molecule has 1 heteroatoms. The topological polar surface area (TPSA) is 23.8 Å². The van der Waals surface area contributed by atoms with Gasteiger partial charge >= 0.3 is 0 Å². The van der Waals surface area contributed by atoms with Crippen LogP contribution >= 0.6 is 0 Å². The maximum Gasteiger partial charge on any atom is 0.100 e. The van der Waals surface area contributed by atoms with Gasteiger partial charge in [0.2, 0.25) is 0 Å². The monoisotopic (exact) mass is 167 g/mol. The summed E-state index contributed by atoms with van der Waals surface area (Å²) in [7, 11) is 0. The van der Waals surface area contributed by atoms with Crippen molar-refractivity contribution in [3.8, 4) is 6.07 Å². The van der Waals surface area contributed by atoms with Crippen LogP contribution in [-0.2, 0) is 0 Å². The number of nitriles is 1. The van der Waals surface area contributed by atoms with Crippen LogP contribution in [0.15, 0.2) is 36.4 Å². The molecule has 0 aromatic heterocycles. The highest BCUT2D eigenvalue weighted by molar-refractivity contribution is 5.88. The van der Waals surface area contributed by atoms with Crippen LogP contribution in [0.25, 0.3) is 10.8 Å². The lowest BCUT2D eigenvalue weighted by Gasteiger charge is -2.01. The third kappa shape index (κ3) is 1.17. The molecule has 2 rings (SSSR count). The van der Waals surface area contributed by atoms with Gasteiger partial charge in [0, 0.05) is 0 Å². The van der Waals surface area contributed by atoms with Gasteiger partial charge < -0.3 is 0 Å². The molecule has 0 spiro atoms. The molecule has 0 N–H and O–H groups in total. The van der Waals surface area contributed by atoms with Crippen molar-refractivity contribution in [3.05, 3.63) is 47.5 Å². The minimum Gasteiger partial charge on any atom is -0.192 e. The summed E-state index contributed by atoms with van der Waals surface area (Å²) in [6.07, 6.45) is 0. The van der Waals surface area contributed by atoms with Crippen molar-refractivity contribution in [3.63, 3.8) is 0 Å². The number of aryl methyl sites for hydroxylation is 1. The van der Waals surface area contributed by atoms with Gasteiger partial charge in [-0.1, -0.05) is 36.4 Å². The summed E-state index contributed by atoms with van der Waals surface area (Å²) in [6, 6.07) is 14.2. The molecule has 0 bridgehead atoms. The summed E-state index contributed by atoms with van der Waals surface area (Å²) in [6.45, 7) is 1.96. The molecular weight excluding hydrogens is 158 g/mol. The van der Waals surface area contributed by atoms with Crippen molar-refractivity contribution in [2.75, 3.05) is 0 Å². The van der Waals surface area contributed by atoms with Crippen molar-refractivity contribution in [2.24, 2.45) is 0 Å². The standard InChI is InChI=1S/C12H9N/c1-9-6-7-10-4-2-3-5-11(10)12(9)8-13/h2-7H,1H3. The molecule has 0 aliphatic rings. The zero-order chi connectivity index (χ0) is 9.26. The van der Waals surface area contributed by atoms with E-state index >= 15 is 0 Å². The third-order valence-electron chi connectivity index (χ3n) is 2.25. The zero-order valence-corrected chi connectivity index (χ0v) is 7.41. The van der Waals surface area contributed by atoms with E-state index in [0.29, 0.717) is 0 Å². The van der Waals surface area contributed by atoms with E-state index in [1.165, 1.54) is 0 Å². The Bertz CT molecular complexity index is 492. The van der Waals surface area contributed by atoms with Crippen LogP contribution in [0.2, 0.25) is 0 Å². The predicted octanol–water partition coefficient (Wildman–Crippen LogP) is 3.02. The fourth-order valence-corrected chi connectivity index (χ4v) is 1.53. The summed E-state index contributed by atoms with van der Waals surface area (Å²) in [5.41, 5.74) is 1.83. The highest BCUT2D eigenvalue weighted by Crippen LogP contribution is 2.20. The van der Waals surface area contributed by atoms with Crippen LogP contribution in [0.4, 0.5) is 0 Å². The van der Waals surface area contributed by atoms with Crippen molar-refractivity contribution >= 4 is 10.8 Å². The minimum absolute atomic E-state index is 0.790. The van der Waals surface area contributed by atoms with Gasteiger partial charge in [0.05, 0.1) is 5.56 Å². The molecular formula is C12H9N. The largest absolute Gasteiger partial charge is 0.192 e. The summed E-state index contributed by atoms with van der Waals surface area (Å²) < 4.78 is 0. The molecule has 0 atom stereocenters. The molecule has 0 saturated carbocycles. The van der Waals surface area contributed by atoms with Crippen LogP contribution in [0, 0.1) is 18.3 Å². The van der Waals surface area contributed by atoms with Crippen LogP contribution in [0.5, 0.6) is 0 Å². The second-order valence-electron chi connectivity index (χ2n) is 3.09. The van der Waals surface area contributed by atoms with Crippen LogP contribution in [-0.4, -0.2) is 0 Å². The number of benzene rings is 2. The summed E-state index contributed by atoms with van der Waals surface area (Å²) in [5.74, 6) is 0. The average molecular weight is 167 g/mol. The van der Waals surface area contributed by atoms with E-state index in [0.717, 1.165) is 21.9 Å². The Balaban J connectivity index is 2.94. The second-order valence-corrected chi connectivity index (χ2v) is 3.09. The van der Waals surface area contributed by atoms with Gasteiger partial charge in [-0.2, -0.15) is 5.26 Å². The fraction of sp³-hybridized carbons (Fsp3) is 0.0833. The van der Waals surface area contributed by atoms with E-state index in [-0.39, 0.29) is 0 Å². The molecule has 0 aliphatic heterocycles. The molecule has 0 unspecified atom stereocenters. The summed E-state index contributed by atoms with van der Waals surface area (Å²) >= 11 is 0. The Labute approximate surface area is 77.2 Å². The Hall–Kier alpha value is -1.81. The number of hydrogen-bond donors (Lipinski definition) is 0. The van der Waals surface area contributed by atoms with Crippen molar-refractivity contribution in [1.29, 1.82) is 5.26 Å². The first-order chi connectivity index (χ1) is 6.33. The van der Waals surface area contributed by atoms with E-state index in [1.807, 2.05) is 43.3 Å². The van der Waals surface area contributed by atoms with Gasteiger partial charge in [-0.25, -0.2) is 0 Å². The molecule has 0 radical (unpaired) electrons. The first-order valence-corrected chi connectivity index (χ1v) is 4.21. The van der Waals surface area contributed by atoms with E-state index < -0.39 is 0 Å². The molecule has 62 valence electrons. The Morgan fingerprint density at radius 1 is 1.08 bits per heavy atom. The molecule has 0 fully saturated rings. The van der Waals surface area contributed by atoms with Crippen molar-refractivity contribution < 1.29 is 0 Å². The minimum atomic E-state index is 0.790. The number of fused-ring (bicyclic) bond motifs is 1. The second kappa shape index (κ2) is 2.91. The lowest BCUT2D eigenvalue weighted by molar-refractivity contribution is 1.42. The van der Waals surface area contributed by atoms with Crippen LogP contribution < -0.4 is 0 Å². The maximum absolute atomic E-state index is 8.97. The maximum atomic E-state index is 8.97. The van der Waals surface area contributed by atoms with Gasteiger partial charge in [-0.05, 0) is 23.3 Å². The quantitative estimate of drug-likeness (QED) is 0.591. The molecule has 0 heterocycles. The summed E-state index contributed by atoms with van der Waals surface area (Å²) in [5, 5.41) is 11.1. The smallest absolute Gasteiger partial charge is 0.100 e. The first kappa shape index (κ1) is 7.82. The molecule has 0 aliphatic carbocycles. The third-order valence-corrected chi connectivity index (χ3v) is 2.25. The molecule has 1 nitrogen and oxygen atoms in total. The van der Waals surface area contributed by atoms with E-state index in [2.05, 4.69) is 6.07 Å². The van der Waals surface area contributed by atoms with Crippen molar-refractivity contribution in [1.82, 2.24) is 0 Å².